The number of ether oxygens (including phenoxy) is 2. The number of nitrogens with zero attached hydrogens (tertiary/aromatic N) is 1. The van der Waals surface area contributed by atoms with Crippen LogP contribution in [-0.4, -0.2) is 35.2 Å². The number of aliphatic hydroxyl groups is 1. The van der Waals surface area contributed by atoms with E-state index in [4.69, 9.17) is 15.2 Å². The lowest BCUT2D eigenvalue weighted by Gasteiger charge is -2.41. The average Bonchev–Trinajstić information content (AvgIpc) is 3.20. The minimum Gasteiger partial charge on any atom is -0.392 e. The van der Waals surface area contributed by atoms with Crippen molar-refractivity contribution in [2.45, 2.75) is 84.1 Å². The lowest BCUT2D eigenvalue weighted by Crippen LogP contribution is -2.42. The highest BCUT2D eigenvalue weighted by Crippen LogP contribution is 2.53. The molecule has 1 aliphatic carbocycles. The second-order valence-electron chi connectivity index (χ2n) is 13.5. The Bertz CT molecular complexity index is 1300. The maximum atomic E-state index is 9.54. The van der Waals surface area contributed by atoms with Crippen LogP contribution < -0.4 is 5.73 Å². The third kappa shape index (κ3) is 5.77. The van der Waals surface area contributed by atoms with E-state index in [0.717, 1.165) is 47.3 Å². The molecule has 3 aromatic carbocycles. The molecule has 2 unspecified atom stereocenters. The molecule has 6 rings (SSSR count). The maximum absolute atomic E-state index is 9.54. The Hall–Kier alpha value is -2.54. The minimum atomic E-state index is -0.436. The van der Waals surface area contributed by atoms with Gasteiger partial charge in [-0.25, -0.2) is 0 Å². The molecule has 5 atom stereocenters. The van der Waals surface area contributed by atoms with Crippen molar-refractivity contribution in [3.8, 4) is 11.1 Å². The molecule has 2 saturated heterocycles. The molecule has 2 heterocycles. The first-order valence-electron chi connectivity index (χ1n) is 14.9. The van der Waals surface area contributed by atoms with Crippen molar-refractivity contribution in [1.29, 1.82) is 0 Å². The molecular formula is C35H44N2O3. The molecule has 2 bridgehead atoms. The Morgan fingerprint density at radius 1 is 0.900 bits per heavy atom. The van der Waals surface area contributed by atoms with Crippen molar-refractivity contribution in [1.82, 2.24) is 4.90 Å². The van der Waals surface area contributed by atoms with Crippen LogP contribution in [0.5, 0.6) is 0 Å². The van der Waals surface area contributed by atoms with Gasteiger partial charge in [0.25, 0.3) is 0 Å². The van der Waals surface area contributed by atoms with E-state index < -0.39 is 6.29 Å². The van der Waals surface area contributed by atoms with Crippen LogP contribution in [0.4, 0.5) is 0 Å². The zero-order valence-corrected chi connectivity index (χ0v) is 24.2. The second-order valence-corrected chi connectivity index (χ2v) is 13.5. The van der Waals surface area contributed by atoms with E-state index in [1.54, 1.807) is 0 Å². The molecule has 0 spiro atoms. The van der Waals surface area contributed by atoms with Gasteiger partial charge >= 0.3 is 0 Å². The van der Waals surface area contributed by atoms with E-state index in [0.29, 0.717) is 23.4 Å². The third-order valence-electron chi connectivity index (χ3n) is 9.31. The fourth-order valence-corrected chi connectivity index (χ4v) is 7.88. The summed E-state index contributed by atoms with van der Waals surface area (Å²) in [7, 11) is 0. The molecule has 40 heavy (non-hydrogen) atoms. The van der Waals surface area contributed by atoms with Gasteiger partial charge in [0.05, 0.1) is 18.8 Å². The summed E-state index contributed by atoms with van der Waals surface area (Å²) in [4.78, 5) is 2.71. The van der Waals surface area contributed by atoms with Crippen LogP contribution in [-0.2, 0) is 22.6 Å². The topological polar surface area (TPSA) is 68.0 Å². The van der Waals surface area contributed by atoms with Crippen molar-refractivity contribution in [2.75, 3.05) is 13.1 Å². The Labute approximate surface area is 239 Å². The first-order chi connectivity index (χ1) is 19.2. The molecule has 3 N–H and O–H groups in total. The van der Waals surface area contributed by atoms with Gasteiger partial charge in [0.15, 0.2) is 6.29 Å². The number of aliphatic hydroxyl groups excluding tert-OH is 1. The number of benzene rings is 3. The van der Waals surface area contributed by atoms with Crippen LogP contribution in [0, 0.1) is 10.8 Å². The van der Waals surface area contributed by atoms with Crippen LogP contribution in [0.25, 0.3) is 11.1 Å². The predicted octanol–water partition coefficient (Wildman–Crippen LogP) is 6.75. The number of likely N-dealkylation sites (tertiary alicyclic amines) is 1. The molecule has 3 aromatic rings. The highest BCUT2D eigenvalue weighted by atomic mass is 16.7. The van der Waals surface area contributed by atoms with Crippen LogP contribution in [0.1, 0.15) is 81.1 Å². The fourth-order valence-electron chi connectivity index (χ4n) is 7.88. The molecule has 0 aromatic heterocycles. The predicted molar refractivity (Wildman–Crippen MR) is 159 cm³/mol. The number of hydrogen-bond donors (Lipinski definition) is 2. The maximum Gasteiger partial charge on any atom is 0.184 e. The molecule has 1 saturated carbocycles. The quantitative estimate of drug-likeness (QED) is 0.347. The van der Waals surface area contributed by atoms with E-state index in [9.17, 15) is 5.11 Å². The van der Waals surface area contributed by atoms with Gasteiger partial charge in [-0.1, -0.05) is 93.6 Å². The van der Waals surface area contributed by atoms with Crippen molar-refractivity contribution >= 4 is 0 Å². The SMILES string of the molecule is CC1(C)CC2CC(C)(CN2C[C@@H]2C[C@H](c3ccc(CO)cc3)O[C@H](c3ccc(-c4ccccc4CN)cc3)O2)C1. The van der Waals surface area contributed by atoms with Gasteiger partial charge < -0.3 is 20.3 Å². The second kappa shape index (κ2) is 11.0. The first kappa shape index (κ1) is 27.6. The molecule has 2 aliphatic heterocycles. The molecule has 212 valence electrons. The molecule has 3 aliphatic rings. The van der Waals surface area contributed by atoms with Crippen molar-refractivity contribution in [3.63, 3.8) is 0 Å². The first-order valence-corrected chi connectivity index (χ1v) is 14.9. The van der Waals surface area contributed by atoms with Gasteiger partial charge in [-0.15, -0.1) is 0 Å². The molecule has 3 fully saturated rings. The number of rotatable bonds is 7. The third-order valence-corrected chi connectivity index (χ3v) is 9.31. The number of nitrogens with two attached hydrogens (primary N) is 1. The fraction of sp³-hybridized carbons (Fsp3) is 0.486. The molecule has 0 amide bonds. The van der Waals surface area contributed by atoms with Crippen molar-refractivity contribution < 1.29 is 14.6 Å². The Morgan fingerprint density at radius 2 is 1.62 bits per heavy atom. The Kier molecular flexibility index (Phi) is 7.62. The average molecular weight is 541 g/mol. The standard InChI is InChI=1S/C35H44N2O3/c1-34(2)17-29-18-35(3,22-34)23-37(29)20-30-16-32(26-10-8-24(21-38)9-11-26)40-33(39-30)27-14-12-25(13-15-27)31-7-5-4-6-28(31)19-36/h4-15,29-30,32-33,38H,16-23,36H2,1-3H3/t29?,30-,32+,33+,35?/m0/s1. The van der Waals surface area contributed by atoms with Gasteiger partial charge in [-0.05, 0) is 57.9 Å². The summed E-state index contributed by atoms with van der Waals surface area (Å²) in [5, 5.41) is 9.54. The summed E-state index contributed by atoms with van der Waals surface area (Å²) < 4.78 is 13.4. The van der Waals surface area contributed by atoms with Crippen LogP contribution in [0.15, 0.2) is 72.8 Å². The van der Waals surface area contributed by atoms with E-state index >= 15 is 0 Å². The van der Waals surface area contributed by atoms with Gasteiger partial charge in [0.1, 0.15) is 0 Å². The van der Waals surface area contributed by atoms with E-state index in [1.807, 2.05) is 18.2 Å². The Morgan fingerprint density at radius 3 is 2.35 bits per heavy atom. The number of hydrogen-bond acceptors (Lipinski definition) is 5. The molecule has 5 nitrogen and oxygen atoms in total. The van der Waals surface area contributed by atoms with Crippen molar-refractivity contribution in [3.05, 3.63) is 95.1 Å². The van der Waals surface area contributed by atoms with Gasteiger partial charge in [0.2, 0.25) is 0 Å². The van der Waals surface area contributed by atoms with Gasteiger partial charge in [0, 0.05) is 37.7 Å². The monoisotopic (exact) mass is 540 g/mol. The summed E-state index contributed by atoms with van der Waals surface area (Å²) in [6.45, 7) is 9.99. The zero-order chi connectivity index (χ0) is 27.9. The highest BCUT2D eigenvalue weighted by molar-refractivity contribution is 5.67. The van der Waals surface area contributed by atoms with E-state index in [2.05, 4.69) is 80.3 Å². The summed E-state index contributed by atoms with van der Waals surface area (Å²) >= 11 is 0. The largest absolute Gasteiger partial charge is 0.392 e. The molecule has 5 heteroatoms. The Balaban J connectivity index is 1.24. The van der Waals surface area contributed by atoms with E-state index in [1.165, 1.54) is 24.8 Å². The highest BCUT2D eigenvalue weighted by Gasteiger charge is 2.50. The summed E-state index contributed by atoms with van der Waals surface area (Å²) in [6, 6.07) is 25.7. The summed E-state index contributed by atoms with van der Waals surface area (Å²) in [6.07, 6.45) is 4.24. The smallest absolute Gasteiger partial charge is 0.184 e. The van der Waals surface area contributed by atoms with Crippen LogP contribution in [0.2, 0.25) is 0 Å². The number of fused-ring (bicyclic) bond motifs is 2. The lowest BCUT2D eigenvalue weighted by atomic mass is 9.65. The van der Waals surface area contributed by atoms with Crippen LogP contribution in [0.3, 0.4) is 0 Å². The zero-order valence-electron chi connectivity index (χ0n) is 24.2. The lowest BCUT2D eigenvalue weighted by molar-refractivity contribution is -0.253. The summed E-state index contributed by atoms with van der Waals surface area (Å²) in [5.41, 5.74) is 13.3. The summed E-state index contributed by atoms with van der Waals surface area (Å²) in [5.74, 6) is 0. The normalized spacial score (nSPS) is 29.9. The van der Waals surface area contributed by atoms with Crippen molar-refractivity contribution in [2.24, 2.45) is 16.6 Å². The van der Waals surface area contributed by atoms with E-state index in [-0.39, 0.29) is 18.8 Å². The van der Waals surface area contributed by atoms with Crippen LogP contribution >= 0.6 is 0 Å². The molecule has 0 radical (unpaired) electrons. The molecular weight excluding hydrogens is 496 g/mol. The minimum absolute atomic E-state index is 0.0469. The van der Waals surface area contributed by atoms with Gasteiger partial charge in [-0.3, -0.25) is 4.90 Å². The van der Waals surface area contributed by atoms with Gasteiger partial charge in [-0.2, -0.15) is 0 Å².